The van der Waals surface area contributed by atoms with Gasteiger partial charge in [-0.25, -0.2) is 4.98 Å². The van der Waals surface area contributed by atoms with Crippen molar-refractivity contribution < 1.29 is 5.11 Å². The lowest BCUT2D eigenvalue weighted by atomic mass is 10.1. The normalized spacial score (nSPS) is 9.94. The van der Waals surface area contributed by atoms with Crippen LogP contribution in [0.15, 0.2) is 6.07 Å². The Morgan fingerprint density at radius 2 is 2.19 bits per heavy atom. The van der Waals surface area contributed by atoms with Gasteiger partial charge >= 0.3 is 0 Å². The van der Waals surface area contributed by atoms with E-state index in [-0.39, 0.29) is 6.61 Å². The molecule has 3 heteroatoms. The van der Waals surface area contributed by atoms with E-state index in [2.05, 4.69) is 10.9 Å². The van der Waals surface area contributed by atoms with Crippen LogP contribution in [0.4, 0.5) is 5.82 Å². The first-order valence-corrected chi connectivity index (χ1v) is 5.40. The molecule has 0 saturated heterocycles. The van der Waals surface area contributed by atoms with Crippen LogP contribution < -0.4 is 4.90 Å². The predicted octanol–water partition coefficient (Wildman–Crippen LogP) is 1.65. The Labute approximate surface area is 97.1 Å². The Balaban J connectivity index is 3.24. The van der Waals surface area contributed by atoms with Gasteiger partial charge < -0.3 is 10.0 Å². The molecule has 16 heavy (non-hydrogen) atoms. The highest BCUT2D eigenvalue weighted by atomic mass is 16.3. The van der Waals surface area contributed by atoms with Crippen LogP contribution >= 0.6 is 0 Å². The topological polar surface area (TPSA) is 36.4 Å². The fourth-order valence-corrected chi connectivity index (χ4v) is 1.75. The highest BCUT2D eigenvalue weighted by Gasteiger charge is 2.13. The molecule has 1 aromatic rings. The van der Waals surface area contributed by atoms with Crippen molar-refractivity contribution in [2.45, 2.75) is 27.4 Å². The van der Waals surface area contributed by atoms with Gasteiger partial charge in [0.2, 0.25) is 0 Å². The maximum absolute atomic E-state index is 9.38. The van der Waals surface area contributed by atoms with Crippen molar-refractivity contribution in [1.82, 2.24) is 4.98 Å². The fraction of sp³-hybridized carbons (Fsp3) is 0.462. The molecule has 0 unspecified atom stereocenters. The van der Waals surface area contributed by atoms with E-state index in [4.69, 9.17) is 6.42 Å². The Bertz CT molecular complexity index is 407. The first kappa shape index (κ1) is 12.5. The van der Waals surface area contributed by atoms with E-state index in [1.54, 1.807) is 0 Å². The lowest BCUT2D eigenvalue weighted by Crippen LogP contribution is -2.26. The zero-order chi connectivity index (χ0) is 12.1. The number of aromatic nitrogens is 1. The number of anilines is 1. The van der Waals surface area contributed by atoms with Gasteiger partial charge in [-0.1, -0.05) is 5.92 Å². The van der Waals surface area contributed by atoms with Crippen molar-refractivity contribution in [3.63, 3.8) is 0 Å². The van der Waals surface area contributed by atoms with Gasteiger partial charge in [-0.05, 0) is 32.4 Å². The van der Waals surface area contributed by atoms with E-state index in [1.807, 2.05) is 31.7 Å². The van der Waals surface area contributed by atoms with Crippen LogP contribution in [-0.2, 0) is 6.61 Å². The van der Waals surface area contributed by atoms with Gasteiger partial charge in [-0.3, -0.25) is 0 Å². The fourth-order valence-electron chi connectivity index (χ4n) is 1.75. The standard InChI is InChI=1S/C13H18N2O/c1-5-7-15(6-2)13-12(9-16)10(3)8-11(4)14-13/h1,8,16H,6-7,9H2,2-4H3. The third-order valence-electron chi connectivity index (χ3n) is 2.58. The summed E-state index contributed by atoms with van der Waals surface area (Å²) >= 11 is 0. The number of aliphatic hydroxyl groups excluding tert-OH is 1. The number of rotatable bonds is 4. The number of aliphatic hydroxyl groups is 1. The Morgan fingerprint density at radius 1 is 1.50 bits per heavy atom. The van der Waals surface area contributed by atoms with Crippen LogP contribution in [0.1, 0.15) is 23.7 Å². The number of hydrogen-bond donors (Lipinski definition) is 1. The lowest BCUT2D eigenvalue weighted by Gasteiger charge is -2.23. The second kappa shape index (κ2) is 5.53. The highest BCUT2D eigenvalue weighted by molar-refractivity contribution is 5.52. The highest BCUT2D eigenvalue weighted by Crippen LogP contribution is 2.22. The number of nitrogens with zero attached hydrogens (tertiary/aromatic N) is 2. The average molecular weight is 218 g/mol. The molecular weight excluding hydrogens is 200 g/mol. The van der Waals surface area contributed by atoms with Gasteiger partial charge in [0.25, 0.3) is 0 Å². The second-order valence-corrected chi connectivity index (χ2v) is 3.76. The molecule has 0 fully saturated rings. The number of pyridine rings is 1. The molecule has 0 atom stereocenters. The zero-order valence-electron chi connectivity index (χ0n) is 10.1. The predicted molar refractivity (Wildman–Crippen MR) is 66.4 cm³/mol. The monoisotopic (exact) mass is 218 g/mol. The summed E-state index contributed by atoms with van der Waals surface area (Å²) in [6.45, 7) is 7.24. The number of aryl methyl sites for hydroxylation is 2. The van der Waals surface area contributed by atoms with Crippen LogP contribution in [0, 0.1) is 26.2 Å². The molecule has 1 rings (SSSR count). The quantitative estimate of drug-likeness (QED) is 0.781. The van der Waals surface area contributed by atoms with E-state index in [1.165, 1.54) is 0 Å². The molecule has 3 nitrogen and oxygen atoms in total. The van der Waals surface area contributed by atoms with Gasteiger partial charge in [0.15, 0.2) is 0 Å². The van der Waals surface area contributed by atoms with Crippen molar-refractivity contribution in [2.24, 2.45) is 0 Å². The van der Waals surface area contributed by atoms with Crippen LogP contribution in [0.5, 0.6) is 0 Å². The van der Waals surface area contributed by atoms with Gasteiger partial charge in [-0.2, -0.15) is 0 Å². The number of hydrogen-bond acceptors (Lipinski definition) is 3. The zero-order valence-corrected chi connectivity index (χ0v) is 10.1. The molecule has 0 aliphatic carbocycles. The van der Waals surface area contributed by atoms with Crippen LogP contribution in [0.3, 0.4) is 0 Å². The second-order valence-electron chi connectivity index (χ2n) is 3.76. The molecule has 0 aliphatic heterocycles. The first-order chi connectivity index (χ1) is 7.63. The molecule has 86 valence electrons. The molecule has 0 aromatic carbocycles. The summed E-state index contributed by atoms with van der Waals surface area (Å²) in [6, 6.07) is 1.97. The van der Waals surface area contributed by atoms with Crippen molar-refractivity contribution in [1.29, 1.82) is 0 Å². The van der Waals surface area contributed by atoms with Crippen LogP contribution in [-0.4, -0.2) is 23.2 Å². The molecule has 0 amide bonds. The third-order valence-corrected chi connectivity index (χ3v) is 2.58. The lowest BCUT2D eigenvalue weighted by molar-refractivity contribution is 0.281. The molecule has 1 N–H and O–H groups in total. The number of terminal acetylenes is 1. The third kappa shape index (κ3) is 2.53. The molecule has 1 heterocycles. The molecule has 0 bridgehead atoms. The van der Waals surface area contributed by atoms with Crippen molar-refractivity contribution in [3.05, 3.63) is 22.9 Å². The van der Waals surface area contributed by atoms with Gasteiger partial charge in [-0.15, -0.1) is 6.42 Å². The van der Waals surface area contributed by atoms with Crippen LogP contribution in [0.2, 0.25) is 0 Å². The van der Waals surface area contributed by atoms with E-state index in [0.29, 0.717) is 6.54 Å². The maximum Gasteiger partial charge on any atom is 0.135 e. The summed E-state index contributed by atoms with van der Waals surface area (Å²) in [5.41, 5.74) is 2.86. The SMILES string of the molecule is C#CCN(CC)c1nc(C)cc(C)c1CO. The smallest absolute Gasteiger partial charge is 0.135 e. The van der Waals surface area contributed by atoms with Crippen molar-refractivity contribution in [3.8, 4) is 12.3 Å². The molecule has 0 radical (unpaired) electrons. The Morgan fingerprint density at radius 3 is 2.69 bits per heavy atom. The van der Waals surface area contributed by atoms with Gasteiger partial charge in [0.05, 0.1) is 13.2 Å². The average Bonchev–Trinajstić information content (AvgIpc) is 2.25. The van der Waals surface area contributed by atoms with Crippen molar-refractivity contribution >= 4 is 5.82 Å². The van der Waals surface area contributed by atoms with Crippen LogP contribution in [0.25, 0.3) is 0 Å². The maximum atomic E-state index is 9.38. The molecule has 1 aromatic heterocycles. The molecule has 0 saturated carbocycles. The Hall–Kier alpha value is -1.53. The van der Waals surface area contributed by atoms with Gasteiger partial charge in [0, 0.05) is 17.8 Å². The first-order valence-electron chi connectivity index (χ1n) is 5.40. The largest absolute Gasteiger partial charge is 0.392 e. The molecule has 0 spiro atoms. The van der Waals surface area contributed by atoms with Gasteiger partial charge in [0.1, 0.15) is 5.82 Å². The van der Waals surface area contributed by atoms with E-state index in [0.717, 1.165) is 29.2 Å². The Kier molecular flexibility index (Phi) is 4.33. The minimum Gasteiger partial charge on any atom is -0.392 e. The summed E-state index contributed by atoms with van der Waals surface area (Å²) in [4.78, 5) is 6.46. The van der Waals surface area contributed by atoms with E-state index >= 15 is 0 Å². The summed E-state index contributed by atoms with van der Waals surface area (Å²) in [5, 5.41) is 9.38. The van der Waals surface area contributed by atoms with E-state index < -0.39 is 0 Å². The summed E-state index contributed by atoms with van der Waals surface area (Å²) in [7, 11) is 0. The minimum atomic E-state index is -0.00445. The summed E-state index contributed by atoms with van der Waals surface area (Å²) in [5.74, 6) is 3.42. The summed E-state index contributed by atoms with van der Waals surface area (Å²) in [6.07, 6.45) is 5.33. The summed E-state index contributed by atoms with van der Waals surface area (Å²) < 4.78 is 0. The van der Waals surface area contributed by atoms with E-state index in [9.17, 15) is 5.11 Å². The molecule has 0 aliphatic rings. The molecular formula is C13H18N2O. The minimum absolute atomic E-state index is 0.00445. The van der Waals surface area contributed by atoms with Crippen molar-refractivity contribution in [2.75, 3.05) is 18.0 Å².